The number of nitrogens with zero attached hydrogens (tertiary/aromatic N) is 1. The van der Waals surface area contributed by atoms with E-state index in [2.05, 4.69) is 4.98 Å². The predicted molar refractivity (Wildman–Crippen MR) is 49.0 cm³/mol. The summed E-state index contributed by atoms with van der Waals surface area (Å²) < 4.78 is 5.20. The lowest BCUT2D eigenvalue weighted by Gasteiger charge is -2.07. The van der Waals surface area contributed by atoms with Gasteiger partial charge in [0, 0.05) is 12.4 Å². The van der Waals surface area contributed by atoms with E-state index in [-0.39, 0.29) is 6.04 Å². The Balaban J connectivity index is 2.29. The molecular formula is C10H10N2O. The zero-order chi connectivity index (χ0) is 9.10. The topological polar surface area (TPSA) is 52.0 Å². The van der Waals surface area contributed by atoms with E-state index in [1.54, 1.807) is 18.7 Å². The summed E-state index contributed by atoms with van der Waals surface area (Å²) in [4.78, 5) is 3.92. The van der Waals surface area contributed by atoms with E-state index in [0.717, 1.165) is 11.3 Å². The molecule has 3 nitrogen and oxygen atoms in total. The van der Waals surface area contributed by atoms with Gasteiger partial charge in [-0.25, -0.2) is 0 Å². The number of rotatable bonds is 2. The first-order valence-corrected chi connectivity index (χ1v) is 4.07. The van der Waals surface area contributed by atoms with Crippen molar-refractivity contribution >= 4 is 0 Å². The van der Waals surface area contributed by atoms with Crippen molar-refractivity contribution in [1.29, 1.82) is 0 Å². The van der Waals surface area contributed by atoms with E-state index in [1.165, 1.54) is 0 Å². The number of hydrogen-bond donors (Lipinski definition) is 1. The van der Waals surface area contributed by atoms with Gasteiger partial charge in [-0.15, -0.1) is 0 Å². The van der Waals surface area contributed by atoms with E-state index in [9.17, 15) is 0 Å². The molecule has 2 N–H and O–H groups in total. The Bertz CT molecular complexity index is 356. The van der Waals surface area contributed by atoms with Gasteiger partial charge in [-0.05, 0) is 29.8 Å². The van der Waals surface area contributed by atoms with Crippen molar-refractivity contribution in [3.05, 3.63) is 54.2 Å². The summed E-state index contributed by atoms with van der Waals surface area (Å²) >= 11 is 0. The van der Waals surface area contributed by atoms with Crippen LogP contribution < -0.4 is 5.73 Å². The average molecular weight is 174 g/mol. The number of pyridine rings is 1. The molecule has 0 aliphatic rings. The second-order valence-electron chi connectivity index (χ2n) is 2.77. The van der Waals surface area contributed by atoms with Gasteiger partial charge >= 0.3 is 0 Å². The van der Waals surface area contributed by atoms with E-state index in [1.807, 2.05) is 24.3 Å². The molecule has 0 aliphatic heterocycles. The summed E-state index contributed by atoms with van der Waals surface area (Å²) in [6, 6.07) is 7.26. The van der Waals surface area contributed by atoms with Gasteiger partial charge in [-0.3, -0.25) is 4.98 Å². The largest absolute Gasteiger partial charge is 0.467 e. The van der Waals surface area contributed by atoms with Crippen molar-refractivity contribution in [2.75, 3.05) is 0 Å². The Kier molecular flexibility index (Phi) is 2.10. The van der Waals surface area contributed by atoms with Crippen molar-refractivity contribution in [1.82, 2.24) is 4.98 Å². The Hall–Kier alpha value is -1.61. The maximum atomic E-state index is 5.94. The van der Waals surface area contributed by atoms with Crippen LogP contribution in [-0.2, 0) is 0 Å². The highest BCUT2D eigenvalue weighted by Gasteiger charge is 2.10. The number of furan rings is 1. The maximum Gasteiger partial charge on any atom is 0.124 e. The molecule has 0 saturated carbocycles. The molecule has 2 aromatic heterocycles. The Morgan fingerprint density at radius 2 is 2.00 bits per heavy atom. The van der Waals surface area contributed by atoms with Crippen LogP contribution in [0.1, 0.15) is 17.4 Å². The van der Waals surface area contributed by atoms with Crippen molar-refractivity contribution in [3.8, 4) is 0 Å². The Morgan fingerprint density at radius 3 is 2.62 bits per heavy atom. The van der Waals surface area contributed by atoms with Gasteiger partial charge in [0.25, 0.3) is 0 Å². The molecule has 3 heteroatoms. The summed E-state index contributed by atoms with van der Waals surface area (Å²) in [7, 11) is 0. The second-order valence-corrected chi connectivity index (χ2v) is 2.77. The summed E-state index contributed by atoms with van der Waals surface area (Å²) in [5.41, 5.74) is 6.94. The molecule has 1 unspecified atom stereocenters. The quantitative estimate of drug-likeness (QED) is 0.754. The zero-order valence-electron chi connectivity index (χ0n) is 7.05. The van der Waals surface area contributed by atoms with Crippen LogP contribution in [0.25, 0.3) is 0 Å². The van der Waals surface area contributed by atoms with Crippen LogP contribution in [-0.4, -0.2) is 4.98 Å². The first-order valence-electron chi connectivity index (χ1n) is 4.07. The zero-order valence-corrected chi connectivity index (χ0v) is 7.05. The van der Waals surface area contributed by atoms with Crippen molar-refractivity contribution in [3.63, 3.8) is 0 Å². The van der Waals surface area contributed by atoms with Gasteiger partial charge in [-0.1, -0.05) is 0 Å². The molecule has 1 atom stereocenters. The van der Waals surface area contributed by atoms with Crippen LogP contribution in [0, 0.1) is 0 Å². The van der Waals surface area contributed by atoms with Crippen molar-refractivity contribution < 1.29 is 4.42 Å². The molecular weight excluding hydrogens is 164 g/mol. The van der Waals surface area contributed by atoms with E-state index < -0.39 is 0 Å². The lowest BCUT2D eigenvalue weighted by molar-refractivity contribution is 0.489. The molecule has 0 aliphatic carbocycles. The van der Waals surface area contributed by atoms with Crippen LogP contribution in [0.4, 0.5) is 0 Å². The lowest BCUT2D eigenvalue weighted by atomic mass is 10.1. The summed E-state index contributed by atoms with van der Waals surface area (Å²) in [6.07, 6.45) is 5.06. The number of hydrogen-bond acceptors (Lipinski definition) is 3. The smallest absolute Gasteiger partial charge is 0.124 e. The minimum Gasteiger partial charge on any atom is -0.467 e. The van der Waals surface area contributed by atoms with Crippen LogP contribution in [0.15, 0.2) is 47.3 Å². The SMILES string of the molecule is NC(c1ccncc1)c1ccco1. The van der Waals surface area contributed by atoms with Crippen LogP contribution >= 0.6 is 0 Å². The van der Waals surface area contributed by atoms with E-state index in [0.29, 0.717) is 0 Å². The highest BCUT2D eigenvalue weighted by Crippen LogP contribution is 2.18. The maximum absolute atomic E-state index is 5.94. The van der Waals surface area contributed by atoms with Crippen molar-refractivity contribution in [2.24, 2.45) is 5.73 Å². The molecule has 2 rings (SSSR count). The first-order chi connectivity index (χ1) is 6.38. The first kappa shape index (κ1) is 8.01. The third-order valence-corrected chi connectivity index (χ3v) is 1.91. The Morgan fingerprint density at radius 1 is 1.23 bits per heavy atom. The molecule has 2 heterocycles. The van der Waals surface area contributed by atoms with Crippen LogP contribution in [0.2, 0.25) is 0 Å². The lowest BCUT2D eigenvalue weighted by Crippen LogP contribution is -2.10. The molecule has 0 bridgehead atoms. The van der Waals surface area contributed by atoms with Crippen LogP contribution in [0.3, 0.4) is 0 Å². The van der Waals surface area contributed by atoms with Crippen LogP contribution in [0.5, 0.6) is 0 Å². The van der Waals surface area contributed by atoms with Gasteiger partial charge in [0.15, 0.2) is 0 Å². The minimum absolute atomic E-state index is 0.196. The van der Waals surface area contributed by atoms with E-state index >= 15 is 0 Å². The number of aromatic nitrogens is 1. The third-order valence-electron chi connectivity index (χ3n) is 1.91. The molecule has 0 amide bonds. The molecule has 0 aromatic carbocycles. The fourth-order valence-corrected chi connectivity index (χ4v) is 1.20. The molecule has 13 heavy (non-hydrogen) atoms. The highest BCUT2D eigenvalue weighted by molar-refractivity contribution is 5.23. The van der Waals surface area contributed by atoms with Gasteiger partial charge in [0.05, 0.1) is 12.3 Å². The van der Waals surface area contributed by atoms with E-state index in [4.69, 9.17) is 10.2 Å². The molecule has 0 spiro atoms. The van der Waals surface area contributed by atoms with Crippen molar-refractivity contribution in [2.45, 2.75) is 6.04 Å². The summed E-state index contributed by atoms with van der Waals surface area (Å²) in [5.74, 6) is 0.770. The summed E-state index contributed by atoms with van der Waals surface area (Å²) in [5, 5.41) is 0. The summed E-state index contributed by atoms with van der Waals surface area (Å²) in [6.45, 7) is 0. The fraction of sp³-hybridized carbons (Fsp3) is 0.100. The third kappa shape index (κ3) is 1.60. The predicted octanol–water partition coefficient (Wildman–Crippen LogP) is 1.72. The fourth-order valence-electron chi connectivity index (χ4n) is 1.20. The Labute approximate surface area is 76.2 Å². The van der Waals surface area contributed by atoms with Gasteiger partial charge in [0.2, 0.25) is 0 Å². The average Bonchev–Trinajstić information content (AvgIpc) is 2.71. The van der Waals surface area contributed by atoms with Gasteiger partial charge in [-0.2, -0.15) is 0 Å². The highest BCUT2D eigenvalue weighted by atomic mass is 16.3. The number of nitrogens with two attached hydrogens (primary N) is 1. The monoisotopic (exact) mass is 174 g/mol. The molecule has 0 radical (unpaired) electrons. The van der Waals surface area contributed by atoms with Gasteiger partial charge in [0.1, 0.15) is 5.76 Å². The van der Waals surface area contributed by atoms with Gasteiger partial charge < -0.3 is 10.2 Å². The second kappa shape index (κ2) is 3.41. The minimum atomic E-state index is -0.196. The molecule has 0 fully saturated rings. The molecule has 0 saturated heterocycles. The standard InChI is InChI=1S/C10H10N2O/c11-10(9-2-1-7-13-9)8-3-5-12-6-4-8/h1-7,10H,11H2. The molecule has 66 valence electrons. The molecule has 2 aromatic rings. The normalized spacial score (nSPS) is 12.7.